The zero-order valence-electron chi connectivity index (χ0n) is 22.0. The van der Waals surface area contributed by atoms with Gasteiger partial charge in [0, 0.05) is 13.0 Å². The highest BCUT2D eigenvalue weighted by atomic mass is 16.6. The summed E-state index contributed by atoms with van der Waals surface area (Å²) in [6.07, 6.45) is 1.57. The van der Waals surface area contributed by atoms with Crippen LogP contribution in [0.1, 0.15) is 70.0 Å². The smallest absolute Gasteiger partial charge is 0.339 e. The van der Waals surface area contributed by atoms with Crippen LogP contribution in [0.3, 0.4) is 0 Å². The average Bonchev–Trinajstić information content (AvgIpc) is 3.43. The summed E-state index contributed by atoms with van der Waals surface area (Å²) in [7, 11) is 0. The van der Waals surface area contributed by atoms with Crippen molar-refractivity contribution in [1.29, 1.82) is 0 Å². The summed E-state index contributed by atoms with van der Waals surface area (Å²) in [5, 5.41) is 31.9. The van der Waals surface area contributed by atoms with Gasteiger partial charge in [-0.15, -0.1) is 0 Å². The maximum absolute atomic E-state index is 13.0. The second kappa shape index (κ2) is 14.9. The van der Waals surface area contributed by atoms with Crippen LogP contribution < -0.4 is 14.8 Å². The molecule has 1 aromatic carbocycles. The zero-order chi connectivity index (χ0) is 27.5. The van der Waals surface area contributed by atoms with Crippen LogP contribution in [0.15, 0.2) is 18.2 Å². The molecule has 1 fully saturated rings. The average molecular weight is 537 g/mol. The van der Waals surface area contributed by atoms with Gasteiger partial charge in [0.05, 0.1) is 6.04 Å². The number of carboxylic acid groups (broad SMARTS) is 1. The lowest BCUT2D eigenvalue weighted by molar-refractivity contribution is -0.175. The van der Waals surface area contributed by atoms with Crippen molar-refractivity contribution in [3.8, 4) is 11.5 Å². The molecule has 2 heterocycles. The number of unbranched alkanes of at least 4 members (excludes halogenated alkanes) is 4. The third-order valence-corrected chi connectivity index (χ3v) is 6.80. The Hall–Kier alpha value is -2.89. The number of carbonyl (C=O) groups excluding carboxylic acids is 2. The van der Waals surface area contributed by atoms with Crippen molar-refractivity contribution in [3.05, 3.63) is 23.8 Å². The Morgan fingerprint density at radius 2 is 1.68 bits per heavy atom. The van der Waals surface area contributed by atoms with Crippen LogP contribution in [0.2, 0.25) is 0 Å². The first-order valence-corrected chi connectivity index (χ1v) is 13.5. The van der Waals surface area contributed by atoms with Gasteiger partial charge in [0.25, 0.3) is 0 Å². The van der Waals surface area contributed by atoms with Crippen molar-refractivity contribution in [2.75, 3.05) is 32.8 Å². The molecule has 11 nitrogen and oxygen atoms in total. The number of nitrogens with zero attached hydrogens (tertiary/aromatic N) is 1. The van der Waals surface area contributed by atoms with Crippen LogP contribution in [0, 0.1) is 0 Å². The fourth-order valence-corrected chi connectivity index (χ4v) is 4.71. The quantitative estimate of drug-likeness (QED) is 0.193. The lowest BCUT2D eigenvalue weighted by atomic mass is 9.99. The van der Waals surface area contributed by atoms with Crippen molar-refractivity contribution < 1.29 is 43.9 Å². The molecule has 1 amide bonds. The lowest BCUT2D eigenvalue weighted by Crippen LogP contribution is -2.49. The number of nitrogens with one attached hydrogen (secondary N) is 1. The number of carbonyl (C=O) groups is 3. The molecule has 4 atom stereocenters. The fraction of sp³-hybridized carbons (Fsp3) is 0.667. The fourth-order valence-electron chi connectivity index (χ4n) is 4.71. The maximum Gasteiger partial charge on any atom is 0.339 e. The van der Waals surface area contributed by atoms with Crippen LogP contribution in [-0.4, -0.2) is 89.2 Å². The number of carboxylic acids is 1. The number of esters is 1. The Labute approximate surface area is 223 Å². The number of aliphatic hydroxyl groups excluding tert-OH is 2. The highest BCUT2D eigenvalue weighted by Gasteiger charge is 2.37. The van der Waals surface area contributed by atoms with Gasteiger partial charge < -0.3 is 39.7 Å². The van der Waals surface area contributed by atoms with Crippen molar-refractivity contribution in [2.45, 2.75) is 82.6 Å². The summed E-state index contributed by atoms with van der Waals surface area (Å²) in [6.45, 7) is 4.90. The van der Waals surface area contributed by atoms with E-state index in [9.17, 15) is 24.6 Å². The van der Waals surface area contributed by atoms with Gasteiger partial charge in [0.2, 0.25) is 5.91 Å². The van der Waals surface area contributed by atoms with E-state index >= 15 is 0 Å². The van der Waals surface area contributed by atoms with E-state index in [0.717, 1.165) is 58.0 Å². The van der Waals surface area contributed by atoms with E-state index in [1.807, 2.05) is 0 Å². The molecule has 0 radical (unpaired) electrons. The second-order valence-corrected chi connectivity index (χ2v) is 9.83. The molecule has 0 aliphatic carbocycles. The zero-order valence-corrected chi connectivity index (χ0v) is 22.0. The molecule has 1 saturated heterocycles. The van der Waals surface area contributed by atoms with Gasteiger partial charge in [0.15, 0.2) is 23.7 Å². The minimum Gasteiger partial charge on any atom is -0.486 e. The van der Waals surface area contributed by atoms with Gasteiger partial charge in [-0.05, 0) is 50.0 Å². The predicted molar refractivity (Wildman–Crippen MR) is 137 cm³/mol. The molecule has 0 saturated carbocycles. The molecule has 38 heavy (non-hydrogen) atoms. The molecule has 0 aromatic heterocycles. The number of rotatable bonds is 15. The normalized spacial score (nSPS) is 18.3. The van der Waals surface area contributed by atoms with E-state index in [1.54, 1.807) is 18.2 Å². The molecule has 11 heteroatoms. The summed E-state index contributed by atoms with van der Waals surface area (Å²) in [5.41, 5.74) is 0.479. The van der Waals surface area contributed by atoms with Gasteiger partial charge in [-0.2, -0.15) is 0 Å². The summed E-state index contributed by atoms with van der Waals surface area (Å²) in [5.74, 6) is -2.27. The molecule has 4 N–H and O–H groups in total. The number of aliphatic carboxylic acids is 1. The molecular weight excluding hydrogens is 496 g/mol. The number of likely N-dealkylation sites (tertiary alicyclic amines) is 1. The van der Waals surface area contributed by atoms with Gasteiger partial charge in [0.1, 0.15) is 19.3 Å². The number of aliphatic hydroxyl groups is 2. The Balaban J connectivity index is 1.85. The topological polar surface area (TPSA) is 155 Å². The SMILES string of the molecule is CCCCCCCC(=O)N[C@H](CN1CCCC1)[C@H](OC(=O)[C@H](O)[C@@H](O)C(=O)O)c1ccc2c(c1)OCCO2. The third kappa shape index (κ3) is 8.57. The summed E-state index contributed by atoms with van der Waals surface area (Å²) >= 11 is 0. The minimum atomic E-state index is -2.35. The van der Waals surface area contributed by atoms with Crippen molar-refractivity contribution in [2.24, 2.45) is 0 Å². The number of hydrogen-bond acceptors (Lipinski definition) is 9. The first-order valence-electron chi connectivity index (χ1n) is 13.5. The Bertz CT molecular complexity index is 935. The van der Waals surface area contributed by atoms with E-state index in [-0.39, 0.29) is 5.91 Å². The van der Waals surface area contributed by atoms with Crippen molar-refractivity contribution in [1.82, 2.24) is 10.2 Å². The van der Waals surface area contributed by atoms with E-state index in [0.29, 0.717) is 43.2 Å². The number of fused-ring (bicyclic) bond motifs is 1. The van der Waals surface area contributed by atoms with E-state index in [4.69, 9.17) is 19.3 Å². The van der Waals surface area contributed by atoms with Gasteiger partial charge >= 0.3 is 11.9 Å². The number of amides is 1. The summed E-state index contributed by atoms with van der Waals surface area (Å²) in [6, 6.07) is 4.31. The van der Waals surface area contributed by atoms with E-state index in [2.05, 4.69) is 17.1 Å². The summed E-state index contributed by atoms with van der Waals surface area (Å²) < 4.78 is 16.9. The Kier molecular flexibility index (Phi) is 11.6. The van der Waals surface area contributed by atoms with Crippen molar-refractivity contribution in [3.63, 3.8) is 0 Å². The number of ether oxygens (including phenoxy) is 3. The van der Waals surface area contributed by atoms with Crippen LogP contribution in [0.5, 0.6) is 11.5 Å². The summed E-state index contributed by atoms with van der Waals surface area (Å²) in [4.78, 5) is 39.0. The molecule has 2 aliphatic heterocycles. The maximum atomic E-state index is 13.0. The molecule has 3 rings (SSSR count). The predicted octanol–water partition coefficient (Wildman–Crippen LogP) is 1.79. The molecule has 2 aliphatic rings. The second-order valence-electron chi connectivity index (χ2n) is 9.83. The molecule has 1 aromatic rings. The lowest BCUT2D eigenvalue weighted by Gasteiger charge is -2.32. The minimum absolute atomic E-state index is 0.185. The Morgan fingerprint density at radius 1 is 1.00 bits per heavy atom. The van der Waals surface area contributed by atoms with Gasteiger partial charge in [-0.3, -0.25) is 4.79 Å². The monoisotopic (exact) mass is 536 g/mol. The van der Waals surface area contributed by atoms with Crippen LogP contribution in [-0.2, 0) is 19.1 Å². The number of hydrogen-bond donors (Lipinski definition) is 4. The largest absolute Gasteiger partial charge is 0.486 e. The van der Waals surface area contributed by atoms with Gasteiger partial charge in [-0.1, -0.05) is 38.7 Å². The first-order chi connectivity index (χ1) is 18.3. The third-order valence-electron chi connectivity index (χ3n) is 6.80. The van der Waals surface area contributed by atoms with Crippen LogP contribution >= 0.6 is 0 Å². The van der Waals surface area contributed by atoms with Crippen molar-refractivity contribution >= 4 is 17.8 Å². The van der Waals surface area contributed by atoms with Gasteiger partial charge in [-0.25, -0.2) is 9.59 Å². The highest BCUT2D eigenvalue weighted by Crippen LogP contribution is 2.35. The Morgan fingerprint density at radius 3 is 2.37 bits per heavy atom. The van der Waals surface area contributed by atoms with E-state index in [1.165, 1.54) is 0 Å². The molecule has 212 valence electrons. The molecular formula is C27H40N2O9. The number of benzene rings is 1. The van der Waals surface area contributed by atoms with E-state index < -0.39 is 36.3 Å². The molecule has 0 spiro atoms. The first kappa shape index (κ1) is 29.7. The highest BCUT2D eigenvalue weighted by molar-refractivity contribution is 5.84. The standard InChI is InChI=1S/C27H40N2O9/c1-2-3-4-5-6-9-22(30)28-19(17-29-12-7-8-13-29)25(38-27(35)24(32)23(31)26(33)34)18-10-11-20-21(16-18)37-15-14-36-20/h10-11,16,19,23-25,31-32H,2-9,12-15,17H2,1H3,(H,28,30)(H,33,34)/t19-,23-,24-,25-/m1/s1. The molecule has 0 unspecified atom stereocenters. The van der Waals surface area contributed by atoms with Crippen LogP contribution in [0.4, 0.5) is 0 Å². The molecule has 0 bridgehead atoms. The van der Waals surface area contributed by atoms with Crippen LogP contribution in [0.25, 0.3) is 0 Å².